The van der Waals surface area contributed by atoms with Gasteiger partial charge in [-0.3, -0.25) is 0 Å². The maximum Gasteiger partial charge on any atom is 0.374 e. The van der Waals surface area contributed by atoms with Crippen molar-refractivity contribution in [1.82, 2.24) is 5.32 Å². The molecule has 1 fully saturated rings. The molecule has 2 heterocycles. The van der Waals surface area contributed by atoms with Crippen molar-refractivity contribution in [3.8, 4) is 0 Å². The number of furan rings is 1. The van der Waals surface area contributed by atoms with Gasteiger partial charge in [0.25, 0.3) is 0 Å². The van der Waals surface area contributed by atoms with E-state index in [0.29, 0.717) is 6.54 Å². The summed E-state index contributed by atoms with van der Waals surface area (Å²) in [5.74, 6) is -0.147. The van der Waals surface area contributed by atoms with Gasteiger partial charge in [-0.2, -0.15) is 0 Å². The Kier molecular flexibility index (Phi) is 4.61. The van der Waals surface area contributed by atoms with Crippen molar-refractivity contribution in [3.05, 3.63) is 23.7 Å². The number of nitrogens with one attached hydrogen (secondary N) is 1. The fourth-order valence-corrected chi connectivity index (χ4v) is 2.29. The summed E-state index contributed by atoms with van der Waals surface area (Å²) in [6.07, 6.45) is 3.64. The molecule has 0 radical (unpaired) electrons. The maximum atomic E-state index is 11.5. The summed E-state index contributed by atoms with van der Waals surface area (Å²) in [5.41, 5.74) is 1.11. The Bertz CT molecular complexity index is 421. The highest BCUT2D eigenvalue weighted by Crippen LogP contribution is 2.28. The minimum absolute atomic E-state index is 0.271. The molecule has 1 aromatic heterocycles. The first kappa shape index (κ1) is 14.1. The van der Waals surface area contributed by atoms with Gasteiger partial charge >= 0.3 is 5.97 Å². The van der Waals surface area contributed by atoms with E-state index in [1.165, 1.54) is 13.4 Å². The molecule has 0 atom stereocenters. The molecule has 0 amide bonds. The maximum absolute atomic E-state index is 11.5. The van der Waals surface area contributed by atoms with Crippen LogP contribution in [0.2, 0.25) is 0 Å². The molecule has 2 rings (SSSR count). The van der Waals surface area contributed by atoms with E-state index in [2.05, 4.69) is 17.0 Å². The van der Waals surface area contributed by atoms with E-state index in [0.717, 1.165) is 38.2 Å². The normalized spacial score (nSPS) is 18.2. The van der Waals surface area contributed by atoms with Gasteiger partial charge in [0.1, 0.15) is 0 Å². The zero-order chi connectivity index (χ0) is 13.7. The molecular formula is C14H21NO4. The fourth-order valence-electron chi connectivity index (χ4n) is 2.29. The van der Waals surface area contributed by atoms with Crippen LogP contribution < -0.4 is 5.32 Å². The molecule has 5 heteroatoms. The van der Waals surface area contributed by atoms with Crippen LogP contribution in [0.1, 0.15) is 35.9 Å². The third-order valence-corrected chi connectivity index (χ3v) is 3.68. The zero-order valence-electron chi connectivity index (χ0n) is 11.5. The van der Waals surface area contributed by atoms with E-state index in [4.69, 9.17) is 9.15 Å². The first-order valence-electron chi connectivity index (χ1n) is 6.58. The molecule has 1 saturated heterocycles. The molecule has 19 heavy (non-hydrogen) atoms. The third kappa shape index (κ3) is 3.58. The van der Waals surface area contributed by atoms with Crippen molar-refractivity contribution >= 4 is 5.97 Å². The largest absolute Gasteiger partial charge is 0.463 e. The predicted octanol–water partition coefficient (Wildman–Crippen LogP) is 1.97. The Morgan fingerprint density at radius 1 is 1.47 bits per heavy atom. The van der Waals surface area contributed by atoms with Crippen LogP contribution >= 0.6 is 0 Å². The van der Waals surface area contributed by atoms with Crippen LogP contribution in [-0.4, -0.2) is 32.8 Å². The molecule has 0 spiro atoms. The van der Waals surface area contributed by atoms with Gasteiger partial charge in [0.2, 0.25) is 5.76 Å². The predicted molar refractivity (Wildman–Crippen MR) is 69.9 cm³/mol. The van der Waals surface area contributed by atoms with Gasteiger partial charge in [-0.1, -0.05) is 6.92 Å². The SMILES string of the molecule is COC(=O)c1occc1CNCC1(C)CCOCC1. The average Bonchev–Trinajstić information content (AvgIpc) is 2.87. The second-order valence-electron chi connectivity index (χ2n) is 5.29. The van der Waals surface area contributed by atoms with Gasteiger partial charge in [0.15, 0.2) is 0 Å². The van der Waals surface area contributed by atoms with E-state index in [9.17, 15) is 4.79 Å². The molecule has 1 N–H and O–H groups in total. The Hall–Kier alpha value is -1.33. The highest BCUT2D eigenvalue weighted by atomic mass is 16.5. The second kappa shape index (κ2) is 6.21. The molecular weight excluding hydrogens is 246 g/mol. The Morgan fingerprint density at radius 3 is 2.89 bits per heavy atom. The first-order chi connectivity index (χ1) is 9.14. The summed E-state index contributed by atoms with van der Waals surface area (Å²) in [6.45, 7) is 5.44. The lowest BCUT2D eigenvalue weighted by Gasteiger charge is -2.33. The topological polar surface area (TPSA) is 60.7 Å². The quantitative estimate of drug-likeness (QED) is 0.826. The van der Waals surface area contributed by atoms with Gasteiger partial charge in [0, 0.05) is 31.9 Å². The van der Waals surface area contributed by atoms with Crippen molar-refractivity contribution in [2.45, 2.75) is 26.3 Å². The van der Waals surface area contributed by atoms with Gasteiger partial charge in [-0.05, 0) is 24.3 Å². The van der Waals surface area contributed by atoms with Crippen molar-refractivity contribution in [2.75, 3.05) is 26.9 Å². The van der Waals surface area contributed by atoms with Crippen LogP contribution in [0.5, 0.6) is 0 Å². The number of rotatable bonds is 5. The van der Waals surface area contributed by atoms with Crippen LogP contribution in [-0.2, 0) is 16.0 Å². The smallest absolute Gasteiger partial charge is 0.374 e. The molecule has 0 unspecified atom stereocenters. The van der Waals surface area contributed by atoms with E-state index >= 15 is 0 Å². The van der Waals surface area contributed by atoms with E-state index in [-0.39, 0.29) is 11.2 Å². The molecule has 0 aliphatic carbocycles. The zero-order valence-corrected chi connectivity index (χ0v) is 11.5. The molecule has 1 aromatic rings. The van der Waals surface area contributed by atoms with Crippen LogP contribution in [0.25, 0.3) is 0 Å². The molecule has 0 saturated carbocycles. The van der Waals surface area contributed by atoms with E-state index in [1.54, 1.807) is 6.07 Å². The van der Waals surface area contributed by atoms with Crippen LogP contribution in [0.3, 0.4) is 0 Å². The molecule has 0 aromatic carbocycles. The molecule has 1 aliphatic rings. The number of carbonyl (C=O) groups excluding carboxylic acids is 1. The molecule has 1 aliphatic heterocycles. The number of hydrogen-bond donors (Lipinski definition) is 1. The number of methoxy groups -OCH3 is 1. The molecule has 5 nitrogen and oxygen atoms in total. The standard InChI is InChI=1S/C14H21NO4/c1-14(4-7-18-8-5-14)10-15-9-11-3-6-19-12(11)13(16)17-2/h3,6,15H,4-5,7-10H2,1-2H3. The van der Waals surface area contributed by atoms with Crippen molar-refractivity contribution in [3.63, 3.8) is 0 Å². The Morgan fingerprint density at radius 2 is 2.21 bits per heavy atom. The number of hydrogen-bond acceptors (Lipinski definition) is 5. The van der Waals surface area contributed by atoms with Gasteiger partial charge in [0.05, 0.1) is 13.4 Å². The van der Waals surface area contributed by atoms with Crippen molar-refractivity contribution in [1.29, 1.82) is 0 Å². The summed E-state index contributed by atoms with van der Waals surface area (Å²) in [5, 5.41) is 3.39. The highest BCUT2D eigenvalue weighted by Gasteiger charge is 2.27. The third-order valence-electron chi connectivity index (χ3n) is 3.68. The first-order valence-corrected chi connectivity index (χ1v) is 6.58. The van der Waals surface area contributed by atoms with E-state index < -0.39 is 5.97 Å². The number of carbonyl (C=O) groups is 1. The second-order valence-corrected chi connectivity index (χ2v) is 5.29. The lowest BCUT2D eigenvalue weighted by molar-refractivity contribution is 0.0240. The number of esters is 1. The summed E-state index contributed by atoms with van der Waals surface area (Å²) in [7, 11) is 1.35. The van der Waals surface area contributed by atoms with Crippen LogP contribution in [0.15, 0.2) is 16.7 Å². The minimum atomic E-state index is -0.431. The van der Waals surface area contributed by atoms with Gasteiger partial charge in [-0.15, -0.1) is 0 Å². The van der Waals surface area contributed by atoms with Crippen molar-refractivity contribution in [2.24, 2.45) is 5.41 Å². The van der Waals surface area contributed by atoms with Crippen LogP contribution in [0, 0.1) is 5.41 Å². The van der Waals surface area contributed by atoms with E-state index in [1.807, 2.05) is 0 Å². The average molecular weight is 267 g/mol. The van der Waals surface area contributed by atoms with Gasteiger partial charge < -0.3 is 19.2 Å². The minimum Gasteiger partial charge on any atom is -0.463 e. The monoisotopic (exact) mass is 267 g/mol. The fraction of sp³-hybridized carbons (Fsp3) is 0.643. The summed E-state index contributed by atoms with van der Waals surface area (Å²) >= 11 is 0. The van der Waals surface area contributed by atoms with Crippen LogP contribution in [0.4, 0.5) is 0 Å². The summed E-state index contributed by atoms with van der Waals surface area (Å²) in [6, 6.07) is 1.80. The lowest BCUT2D eigenvalue weighted by atomic mass is 9.82. The highest BCUT2D eigenvalue weighted by molar-refractivity contribution is 5.87. The Labute approximate surface area is 113 Å². The summed E-state index contributed by atoms with van der Waals surface area (Å²) in [4.78, 5) is 11.5. The Balaban J connectivity index is 1.85. The number of ether oxygens (including phenoxy) is 2. The summed E-state index contributed by atoms with van der Waals surface area (Å²) < 4.78 is 15.2. The lowest BCUT2D eigenvalue weighted by Crippen LogP contribution is -2.36. The molecule has 106 valence electrons. The van der Waals surface area contributed by atoms with Gasteiger partial charge in [-0.25, -0.2) is 4.79 Å². The molecule has 0 bridgehead atoms. The van der Waals surface area contributed by atoms with Crippen molar-refractivity contribution < 1.29 is 18.7 Å².